The van der Waals surface area contributed by atoms with Crippen molar-refractivity contribution in [1.82, 2.24) is 4.90 Å². The first kappa shape index (κ1) is 13.0. The Morgan fingerprint density at radius 1 is 1.59 bits per heavy atom. The quantitative estimate of drug-likeness (QED) is 0.772. The van der Waals surface area contributed by atoms with Crippen LogP contribution in [0.25, 0.3) is 0 Å². The van der Waals surface area contributed by atoms with Gasteiger partial charge in [-0.2, -0.15) is 11.3 Å². The summed E-state index contributed by atoms with van der Waals surface area (Å²) in [5.41, 5.74) is 7.55. The van der Waals surface area contributed by atoms with Gasteiger partial charge in [0.15, 0.2) is 0 Å². The number of methoxy groups -OCH3 is 1. The molecule has 1 aliphatic rings. The van der Waals surface area contributed by atoms with Crippen molar-refractivity contribution < 1.29 is 4.74 Å². The normalized spacial score (nSPS) is 17.6. The topological polar surface area (TPSA) is 38.5 Å². The molecule has 1 heterocycles. The third kappa shape index (κ3) is 4.39. The van der Waals surface area contributed by atoms with E-state index in [4.69, 9.17) is 10.5 Å². The van der Waals surface area contributed by atoms with Gasteiger partial charge in [-0.05, 0) is 41.7 Å². The second-order valence-corrected chi connectivity index (χ2v) is 5.61. The van der Waals surface area contributed by atoms with Crippen molar-refractivity contribution in [2.24, 2.45) is 5.73 Å². The van der Waals surface area contributed by atoms with E-state index < -0.39 is 0 Å². The van der Waals surface area contributed by atoms with Crippen molar-refractivity contribution >= 4 is 11.3 Å². The molecule has 0 aliphatic heterocycles. The Kier molecular flexibility index (Phi) is 4.98. The van der Waals surface area contributed by atoms with Gasteiger partial charge >= 0.3 is 0 Å². The molecular formula is C13H22N2OS. The van der Waals surface area contributed by atoms with Crippen molar-refractivity contribution in [2.45, 2.75) is 37.9 Å². The van der Waals surface area contributed by atoms with Crippen LogP contribution >= 0.6 is 11.3 Å². The largest absolute Gasteiger partial charge is 0.385 e. The van der Waals surface area contributed by atoms with E-state index in [9.17, 15) is 0 Å². The summed E-state index contributed by atoms with van der Waals surface area (Å²) in [4.78, 5) is 2.53. The molecule has 2 rings (SSSR count). The molecular weight excluding hydrogens is 232 g/mol. The Morgan fingerprint density at radius 3 is 3.00 bits per heavy atom. The molecule has 1 atom stereocenters. The highest BCUT2D eigenvalue weighted by Crippen LogP contribution is 2.28. The fourth-order valence-electron chi connectivity index (χ4n) is 2.06. The Balaban J connectivity index is 1.80. The summed E-state index contributed by atoms with van der Waals surface area (Å²) in [6.07, 6.45) is 3.62. The summed E-state index contributed by atoms with van der Waals surface area (Å²) < 4.78 is 5.08. The maximum atomic E-state index is 6.14. The highest BCUT2D eigenvalue weighted by Gasteiger charge is 2.29. The Bertz CT molecular complexity index is 311. The van der Waals surface area contributed by atoms with Gasteiger partial charge in [0.2, 0.25) is 0 Å². The van der Waals surface area contributed by atoms with Crippen LogP contribution in [0.2, 0.25) is 0 Å². The van der Waals surface area contributed by atoms with Crippen molar-refractivity contribution in [1.29, 1.82) is 0 Å². The molecule has 4 heteroatoms. The molecule has 0 spiro atoms. The fourth-order valence-corrected chi connectivity index (χ4v) is 2.72. The lowest BCUT2D eigenvalue weighted by molar-refractivity contribution is 0.171. The van der Waals surface area contributed by atoms with E-state index in [0.717, 1.165) is 32.2 Å². The number of nitrogens with zero attached hydrogens (tertiary/aromatic N) is 1. The first-order valence-electron chi connectivity index (χ1n) is 6.29. The minimum atomic E-state index is 0.231. The predicted octanol–water partition coefficient (Wildman–Crippen LogP) is 2.08. The van der Waals surface area contributed by atoms with Gasteiger partial charge in [0.05, 0.1) is 0 Å². The van der Waals surface area contributed by atoms with Crippen molar-refractivity contribution in [2.75, 3.05) is 20.3 Å². The van der Waals surface area contributed by atoms with Crippen molar-refractivity contribution in [3.05, 3.63) is 22.4 Å². The second-order valence-electron chi connectivity index (χ2n) is 4.83. The molecule has 1 unspecified atom stereocenters. The lowest BCUT2D eigenvalue weighted by atomic mass is 10.2. The molecule has 96 valence electrons. The van der Waals surface area contributed by atoms with Crippen LogP contribution in [0.15, 0.2) is 16.8 Å². The molecule has 1 fully saturated rings. The van der Waals surface area contributed by atoms with Gasteiger partial charge in [0.1, 0.15) is 0 Å². The molecule has 1 saturated carbocycles. The van der Waals surface area contributed by atoms with Crippen molar-refractivity contribution in [3.63, 3.8) is 0 Å². The van der Waals surface area contributed by atoms with Crippen LogP contribution in [0, 0.1) is 0 Å². The molecule has 1 aromatic heterocycles. The van der Waals surface area contributed by atoms with Crippen LogP contribution in [0.5, 0.6) is 0 Å². The van der Waals surface area contributed by atoms with Crippen LogP contribution < -0.4 is 5.73 Å². The van der Waals surface area contributed by atoms with E-state index in [1.807, 2.05) is 0 Å². The smallest absolute Gasteiger partial charge is 0.0477 e. The van der Waals surface area contributed by atoms with E-state index >= 15 is 0 Å². The lowest BCUT2D eigenvalue weighted by Gasteiger charge is -2.25. The SMILES string of the molecule is COCCC(N)CN(Cc1ccsc1)C1CC1. The van der Waals surface area contributed by atoms with Gasteiger partial charge in [-0.15, -0.1) is 0 Å². The fraction of sp³-hybridized carbons (Fsp3) is 0.692. The average molecular weight is 254 g/mol. The summed E-state index contributed by atoms with van der Waals surface area (Å²) in [6.45, 7) is 2.80. The second kappa shape index (κ2) is 6.50. The zero-order valence-corrected chi connectivity index (χ0v) is 11.3. The van der Waals surface area contributed by atoms with E-state index in [1.165, 1.54) is 18.4 Å². The van der Waals surface area contributed by atoms with Crippen molar-refractivity contribution in [3.8, 4) is 0 Å². The zero-order valence-electron chi connectivity index (χ0n) is 10.5. The summed E-state index contributed by atoms with van der Waals surface area (Å²) in [7, 11) is 1.73. The molecule has 0 amide bonds. The Labute approximate surface area is 108 Å². The standard InChI is InChI=1S/C13H22N2OS/c1-16-6-4-12(14)9-15(13-2-3-13)8-11-5-7-17-10-11/h5,7,10,12-13H,2-4,6,8-9,14H2,1H3. The summed E-state index contributed by atoms with van der Waals surface area (Å²) >= 11 is 1.77. The monoisotopic (exact) mass is 254 g/mol. The first-order chi connectivity index (χ1) is 8.29. The Hall–Kier alpha value is -0.420. The third-order valence-corrected chi connectivity index (χ3v) is 3.92. The first-order valence-corrected chi connectivity index (χ1v) is 7.23. The zero-order chi connectivity index (χ0) is 12.1. The molecule has 3 nitrogen and oxygen atoms in total. The van der Waals surface area contributed by atoms with Gasteiger partial charge in [0, 0.05) is 38.9 Å². The molecule has 1 aliphatic carbocycles. The number of hydrogen-bond acceptors (Lipinski definition) is 4. The average Bonchev–Trinajstić information content (AvgIpc) is 3.05. The highest BCUT2D eigenvalue weighted by molar-refractivity contribution is 7.07. The van der Waals surface area contributed by atoms with Crippen LogP contribution in [0.3, 0.4) is 0 Å². The van der Waals surface area contributed by atoms with Gasteiger partial charge in [0.25, 0.3) is 0 Å². The van der Waals surface area contributed by atoms with E-state index in [0.29, 0.717) is 0 Å². The molecule has 0 radical (unpaired) electrons. The van der Waals surface area contributed by atoms with Crippen LogP contribution in [0.1, 0.15) is 24.8 Å². The van der Waals surface area contributed by atoms with Gasteiger partial charge in [-0.3, -0.25) is 4.90 Å². The maximum absolute atomic E-state index is 6.14. The highest BCUT2D eigenvalue weighted by atomic mass is 32.1. The minimum Gasteiger partial charge on any atom is -0.385 e. The minimum absolute atomic E-state index is 0.231. The van der Waals surface area contributed by atoms with Crippen LogP contribution in [-0.2, 0) is 11.3 Å². The predicted molar refractivity (Wildman–Crippen MR) is 72.2 cm³/mol. The number of hydrogen-bond donors (Lipinski definition) is 1. The maximum Gasteiger partial charge on any atom is 0.0477 e. The van der Waals surface area contributed by atoms with Gasteiger partial charge < -0.3 is 10.5 Å². The molecule has 1 aromatic rings. The summed E-state index contributed by atoms with van der Waals surface area (Å²) in [6, 6.07) is 3.21. The molecule has 17 heavy (non-hydrogen) atoms. The number of rotatable bonds is 8. The lowest BCUT2D eigenvalue weighted by Crippen LogP contribution is -2.39. The number of nitrogens with two attached hydrogens (primary N) is 1. The molecule has 2 N–H and O–H groups in total. The van der Waals surface area contributed by atoms with E-state index in [2.05, 4.69) is 21.7 Å². The third-order valence-electron chi connectivity index (χ3n) is 3.19. The van der Waals surface area contributed by atoms with E-state index in [1.54, 1.807) is 18.4 Å². The molecule has 0 saturated heterocycles. The number of ether oxygens (including phenoxy) is 1. The molecule has 0 aromatic carbocycles. The van der Waals surface area contributed by atoms with Gasteiger partial charge in [-0.1, -0.05) is 0 Å². The Morgan fingerprint density at radius 2 is 2.41 bits per heavy atom. The van der Waals surface area contributed by atoms with Crippen LogP contribution in [0.4, 0.5) is 0 Å². The van der Waals surface area contributed by atoms with Gasteiger partial charge in [-0.25, -0.2) is 0 Å². The summed E-state index contributed by atoms with van der Waals surface area (Å²) in [5, 5.41) is 4.38. The van der Waals surface area contributed by atoms with E-state index in [-0.39, 0.29) is 6.04 Å². The summed E-state index contributed by atoms with van der Waals surface area (Å²) in [5.74, 6) is 0. The number of thiophene rings is 1. The molecule has 0 bridgehead atoms. The van der Waals surface area contributed by atoms with Crippen LogP contribution in [-0.4, -0.2) is 37.2 Å².